The molecule has 258 valence electrons. The normalized spacial score (nSPS) is 17.6. The van der Waals surface area contributed by atoms with Gasteiger partial charge in [0, 0.05) is 29.9 Å². The van der Waals surface area contributed by atoms with Gasteiger partial charge in [0.05, 0.1) is 31.0 Å². The van der Waals surface area contributed by atoms with Crippen LogP contribution in [0.3, 0.4) is 0 Å². The molecule has 1 aromatic carbocycles. The first-order valence-electron chi connectivity index (χ1n) is 18.2. The van der Waals surface area contributed by atoms with Crippen molar-refractivity contribution in [3.8, 4) is 11.3 Å². The number of nitrogens with zero attached hydrogens (tertiary/aromatic N) is 4. The predicted molar refractivity (Wildman–Crippen MR) is 200 cm³/mol. The van der Waals surface area contributed by atoms with Crippen LogP contribution in [0.5, 0.6) is 0 Å². The molecule has 3 aliphatic carbocycles. The van der Waals surface area contributed by atoms with Crippen LogP contribution >= 0.6 is 0 Å². The molecule has 3 aromatic rings. The fraction of sp³-hybridized carbons (Fsp3) is 0.439. The van der Waals surface area contributed by atoms with Crippen LogP contribution in [0.25, 0.3) is 16.8 Å². The van der Waals surface area contributed by atoms with Crippen LogP contribution in [-0.4, -0.2) is 68.9 Å². The molecule has 6 rings (SSSR count). The number of rotatable bonds is 16. The zero-order valence-electron chi connectivity index (χ0n) is 29.8. The van der Waals surface area contributed by atoms with E-state index in [1.807, 2.05) is 48.6 Å². The summed E-state index contributed by atoms with van der Waals surface area (Å²) in [6.45, 7) is 11.1. The first-order valence-corrected chi connectivity index (χ1v) is 18.2. The number of hydrogen-bond acceptors (Lipinski definition) is 5. The van der Waals surface area contributed by atoms with E-state index >= 15 is 0 Å². The molecule has 0 aliphatic heterocycles. The summed E-state index contributed by atoms with van der Waals surface area (Å²) in [6.07, 6.45) is 24.0. The van der Waals surface area contributed by atoms with Crippen molar-refractivity contribution in [2.24, 2.45) is 0 Å². The van der Waals surface area contributed by atoms with E-state index in [0.29, 0.717) is 19.5 Å². The molecule has 0 bridgehead atoms. The number of imidazole rings is 2. The molecule has 0 spiro atoms. The Labute approximate surface area is 292 Å². The number of allylic oxidation sites excluding steroid dienone is 8. The number of amides is 1. The molecule has 3 aliphatic rings. The summed E-state index contributed by atoms with van der Waals surface area (Å²) in [4.78, 5) is 34.5. The van der Waals surface area contributed by atoms with Crippen LogP contribution in [0.15, 0.2) is 78.7 Å². The number of carbonyl (C=O) groups is 1. The van der Waals surface area contributed by atoms with Crippen molar-refractivity contribution in [2.75, 3.05) is 27.2 Å². The topological polar surface area (TPSA) is 92.9 Å². The largest absolute Gasteiger partial charge is 0.344 e. The van der Waals surface area contributed by atoms with Gasteiger partial charge >= 0.3 is 0 Å². The smallest absolute Gasteiger partial charge is 0.240 e. The van der Waals surface area contributed by atoms with Crippen molar-refractivity contribution in [2.45, 2.75) is 90.3 Å². The van der Waals surface area contributed by atoms with Gasteiger partial charge in [0.25, 0.3) is 0 Å². The van der Waals surface area contributed by atoms with Crippen LogP contribution in [0.4, 0.5) is 0 Å². The second kappa shape index (κ2) is 16.0. The maximum Gasteiger partial charge on any atom is 0.240 e. The first kappa shape index (κ1) is 34.6. The van der Waals surface area contributed by atoms with Gasteiger partial charge in [-0.25, -0.2) is 9.97 Å². The van der Waals surface area contributed by atoms with Crippen LogP contribution in [0.2, 0.25) is 0 Å². The predicted octanol–water partition coefficient (Wildman–Crippen LogP) is 7.42. The number of aromatic nitrogens is 4. The number of aromatic amines is 2. The molecule has 2 heterocycles. The maximum atomic E-state index is 13.5. The lowest BCUT2D eigenvalue weighted by Gasteiger charge is -2.36. The Hall–Kier alpha value is -4.27. The zero-order valence-corrected chi connectivity index (χ0v) is 29.8. The molecule has 0 saturated heterocycles. The van der Waals surface area contributed by atoms with Gasteiger partial charge in [-0.15, -0.1) is 0 Å². The molecule has 0 fully saturated rings. The van der Waals surface area contributed by atoms with Crippen LogP contribution in [-0.2, 0) is 30.7 Å². The highest BCUT2D eigenvalue weighted by atomic mass is 16.2. The number of H-pyrrole nitrogens is 2. The second-order valence-electron chi connectivity index (χ2n) is 13.8. The van der Waals surface area contributed by atoms with Crippen LogP contribution in [0.1, 0.15) is 92.3 Å². The molecule has 49 heavy (non-hydrogen) atoms. The lowest BCUT2D eigenvalue weighted by atomic mass is 9.68. The minimum atomic E-state index is -0.279. The SMILES string of the molecule is C=C/C=C\C=C/CC(NC)C(=O)N(CCC)Cc1ncc(C2C=C3CCc4cc(-c5cnc(CN(C)CCC)[nH]5)cc5c4C3=C(CC5)C2)[nH]1. The van der Waals surface area contributed by atoms with Crippen molar-refractivity contribution < 1.29 is 4.79 Å². The first-order chi connectivity index (χ1) is 23.9. The van der Waals surface area contributed by atoms with Gasteiger partial charge in [0.2, 0.25) is 5.91 Å². The van der Waals surface area contributed by atoms with Gasteiger partial charge < -0.3 is 20.2 Å². The van der Waals surface area contributed by atoms with Gasteiger partial charge in [-0.05, 0) is 112 Å². The lowest BCUT2D eigenvalue weighted by molar-refractivity contribution is -0.134. The average molecular weight is 660 g/mol. The molecule has 0 saturated carbocycles. The van der Waals surface area contributed by atoms with Gasteiger partial charge in [-0.1, -0.05) is 62.5 Å². The molecule has 2 aromatic heterocycles. The molecule has 1 amide bonds. The highest BCUT2D eigenvalue weighted by Crippen LogP contribution is 2.50. The Morgan fingerprint density at radius 3 is 2.51 bits per heavy atom. The minimum absolute atomic E-state index is 0.101. The number of nitrogens with one attached hydrogen (secondary N) is 3. The molecule has 2 atom stereocenters. The third kappa shape index (κ3) is 7.81. The van der Waals surface area contributed by atoms with E-state index < -0.39 is 0 Å². The van der Waals surface area contributed by atoms with Crippen molar-refractivity contribution in [3.63, 3.8) is 0 Å². The summed E-state index contributed by atoms with van der Waals surface area (Å²) < 4.78 is 0. The van der Waals surface area contributed by atoms with Crippen molar-refractivity contribution in [1.29, 1.82) is 0 Å². The van der Waals surface area contributed by atoms with E-state index in [-0.39, 0.29) is 17.9 Å². The fourth-order valence-electron chi connectivity index (χ4n) is 7.82. The third-order valence-electron chi connectivity index (χ3n) is 10.1. The summed E-state index contributed by atoms with van der Waals surface area (Å²) in [7, 11) is 4.01. The minimum Gasteiger partial charge on any atom is -0.344 e. The maximum absolute atomic E-state index is 13.5. The van der Waals surface area contributed by atoms with Gasteiger partial charge in [-0.2, -0.15) is 0 Å². The molecule has 3 N–H and O–H groups in total. The van der Waals surface area contributed by atoms with Gasteiger partial charge in [0.1, 0.15) is 11.6 Å². The summed E-state index contributed by atoms with van der Waals surface area (Å²) in [5, 5.41) is 3.21. The van der Waals surface area contributed by atoms with Gasteiger partial charge in [0.15, 0.2) is 0 Å². The highest BCUT2D eigenvalue weighted by molar-refractivity contribution is 5.90. The number of hydrogen-bond donors (Lipinski definition) is 3. The Morgan fingerprint density at radius 2 is 1.76 bits per heavy atom. The van der Waals surface area contributed by atoms with Crippen molar-refractivity contribution in [3.05, 3.63) is 113 Å². The van der Waals surface area contributed by atoms with E-state index in [4.69, 9.17) is 9.97 Å². The van der Waals surface area contributed by atoms with E-state index in [9.17, 15) is 4.79 Å². The highest BCUT2D eigenvalue weighted by Gasteiger charge is 2.33. The van der Waals surface area contributed by atoms with Gasteiger partial charge in [-0.3, -0.25) is 9.69 Å². The summed E-state index contributed by atoms with van der Waals surface area (Å²) >= 11 is 0. The molecular weight excluding hydrogens is 606 g/mol. The summed E-state index contributed by atoms with van der Waals surface area (Å²) in [5.41, 5.74) is 12.6. The molecular formula is C41H53N7O. The third-order valence-corrected chi connectivity index (χ3v) is 10.1. The monoisotopic (exact) mass is 659 g/mol. The van der Waals surface area contributed by atoms with Crippen molar-refractivity contribution >= 4 is 11.5 Å². The average Bonchev–Trinajstić information content (AvgIpc) is 3.78. The summed E-state index contributed by atoms with van der Waals surface area (Å²) in [6, 6.07) is 4.53. The Kier molecular flexibility index (Phi) is 11.3. The Balaban J connectivity index is 1.16. The van der Waals surface area contributed by atoms with E-state index in [1.165, 1.54) is 33.4 Å². The Bertz CT molecular complexity index is 1770. The zero-order chi connectivity index (χ0) is 34.3. The summed E-state index contributed by atoms with van der Waals surface area (Å²) in [5.74, 6) is 2.26. The number of carbonyl (C=O) groups excluding carboxylic acids is 1. The second-order valence-corrected chi connectivity index (χ2v) is 13.8. The van der Waals surface area contributed by atoms with E-state index in [2.05, 4.69) is 65.9 Å². The number of likely N-dealkylation sites (N-methyl/N-ethyl adjacent to an activating group) is 1. The lowest BCUT2D eigenvalue weighted by Crippen LogP contribution is -2.45. The van der Waals surface area contributed by atoms with E-state index in [0.717, 1.165) is 81.1 Å². The fourth-order valence-corrected chi connectivity index (χ4v) is 7.82. The number of aryl methyl sites for hydroxylation is 2. The molecule has 2 unspecified atom stereocenters. The quantitative estimate of drug-likeness (QED) is 0.139. The van der Waals surface area contributed by atoms with E-state index in [1.54, 1.807) is 11.6 Å². The Morgan fingerprint density at radius 1 is 1.00 bits per heavy atom. The molecule has 0 radical (unpaired) electrons. The number of benzene rings is 1. The van der Waals surface area contributed by atoms with Crippen LogP contribution in [0, 0.1) is 0 Å². The molecule has 8 nitrogen and oxygen atoms in total. The molecule has 8 heteroatoms. The standard InChI is InChI=1S/C41H53N7O/c1-6-9-10-11-12-13-34(42-4)41(49)48(19-8-3)27-38-44-25-36(46-38)33-22-30-16-14-28-20-32(21-29-15-17-31(23-33)40(30)39(28)29)35-24-43-37(45-35)26-47(5)18-7-2/h6,9-12,20-22,24-25,33-34,42H,1,7-8,13-19,23,26-27H2,2-5H3,(H,43,45)(H,44,46)/b10-9-,12-11-. The van der Waals surface area contributed by atoms with Crippen LogP contribution < -0.4 is 5.32 Å². The van der Waals surface area contributed by atoms with Crippen molar-refractivity contribution in [1.82, 2.24) is 35.1 Å².